The second-order valence-electron chi connectivity index (χ2n) is 4.72. The highest BCUT2D eigenvalue weighted by Gasteiger charge is 2.18. The third-order valence-electron chi connectivity index (χ3n) is 3.42. The molecule has 0 aliphatic carbocycles. The molecule has 0 saturated carbocycles. The Hall–Kier alpha value is -1.39. The van der Waals surface area contributed by atoms with Crippen LogP contribution in [0.25, 0.3) is 5.65 Å². The summed E-state index contributed by atoms with van der Waals surface area (Å²) in [5.74, 6) is 0. The summed E-state index contributed by atoms with van der Waals surface area (Å²) in [6, 6.07) is 6.70. The highest BCUT2D eigenvalue weighted by molar-refractivity contribution is 5.39. The molecule has 3 heterocycles. The normalized spacial score (nSPS) is 22.1. The monoisotopic (exact) mass is 230 g/mol. The second-order valence-corrected chi connectivity index (χ2v) is 4.72. The Labute approximate surface area is 101 Å². The first-order chi connectivity index (χ1) is 8.33. The van der Waals surface area contributed by atoms with Crippen LogP contribution in [0.5, 0.6) is 0 Å². The van der Waals surface area contributed by atoms with Crippen molar-refractivity contribution in [1.29, 1.82) is 0 Å². The molecule has 0 spiro atoms. The van der Waals surface area contributed by atoms with E-state index in [0.29, 0.717) is 6.04 Å². The van der Waals surface area contributed by atoms with Crippen LogP contribution < -0.4 is 5.32 Å². The third kappa shape index (κ3) is 2.18. The molecule has 4 heteroatoms. The maximum absolute atomic E-state index is 4.64. The Bertz CT molecular complexity index is 472. The van der Waals surface area contributed by atoms with Crippen molar-refractivity contribution in [3.63, 3.8) is 0 Å². The number of rotatable bonds is 2. The van der Waals surface area contributed by atoms with Crippen molar-refractivity contribution in [2.24, 2.45) is 0 Å². The van der Waals surface area contributed by atoms with E-state index in [0.717, 1.165) is 37.5 Å². The summed E-state index contributed by atoms with van der Waals surface area (Å²) in [7, 11) is 0. The van der Waals surface area contributed by atoms with Gasteiger partial charge >= 0.3 is 0 Å². The predicted molar refractivity (Wildman–Crippen MR) is 67.9 cm³/mol. The van der Waals surface area contributed by atoms with Gasteiger partial charge in [-0.3, -0.25) is 4.90 Å². The number of aromatic nitrogens is 2. The minimum Gasteiger partial charge on any atom is -0.314 e. The van der Waals surface area contributed by atoms with Crippen molar-refractivity contribution in [2.45, 2.75) is 19.5 Å². The van der Waals surface area contributed by atoms with E-state index < -0.39 is 0 Å². The molecule has 0 bridgehead atoms. The van der Waals surface area contributed by atoms with Gasteiger partial charge in [0.1, 0.15) is 5.65 Å². The summed E-state index contributed by atoms with van der Waals surface area (Å²) in [4.78, 5) is 7.13. The van der Waals surface area contributed by atoms with Gasteiger partial charge in [0.2, 0.25) is 0 Å². The fraction of sp³-hybridized carbons (Fsp3) is 0.462. The molecule has 90 valence electrons. The number of pyridine rings is 1. The molecule has 0 radical (unpaired) electrons. The van der Waals surface area contributed by atoms with E-state index in [2.05, 4.69) is 32.7 Å². The summed E-state index contributed by atoms with van der Waals surface area (Å²) in [5, 5.41) is 3.41. The highest BCUT2D eigenvalue weighted by Crippen LogP contribution is 2.10. The molecule has 1 aliphatic rings. The Morgan fingerprint density at radius 1 is 1.47 bits per heavy atom. The fourth-order valence-corrected chi connectivity index (χ4v) is 2.39. The first kappa shape index (κ1) is 10.7. The van der Waals surface area contributed by atoms with Gasteiger partial charge in [-0.05, 0) is 19.1 Å². The van der Waals surface area contributed by atoms with Gasteiger partial charge in [0.05, 0.1) is 5.69 Å². The SMILES string of the molecule is CC1CNCCN1Cc1cn2ccccc2n1. The van der Waals surface area contributed by atoms with Gasteiger partial charge in [-0.1, -0.05) is 6.07 Å². The number of hydrogen-bond acceptors (Lipinski definition) is 3. The Morgan fingerprint density at radius 2 is 2.41 bits per heavy atom. The van der Waals surface area contributed by atoms with Crippen molar-refractivity contribution in [3.8, 4) is 0 Å². The second kappa shape index (κ2) is 4.47. The van der Waals surface area contributed by atoms with Gasteiger partial charge in [-0.15, -0.1) is 0 Å². The Morgan fingerprint density at radius 3 is 3.24 bits per heavy atom. The number of fused-ring (bicyclic) bond motifs is 1. The zero-order chi connectivity index (χ0) is 11.7. The van der Waals surface area contributed by atoms with E-state index >= 15 is 0 Å². The average molecular weight is 230 g/mol. The van der Waals surface area contributed by atoms with Crippen molar-refractivity contribution < 1.29 is 0 Å². The first-order valence-electron chi connectivity index (χ1n) is 6.20. The van der Waals surface area contributed by atoms with E-state index in [-0.39, 0.29) is 0 Å². The third-order valence-corrected chi connectivity index (χ3v) is 3.42. The fourth-order valence-electron chi connectivity index (χ4n) is 2.39. The topological polar surface area (TPSA) is 32.6 Å². The van der Waals surface area contributed by atoms with Crippen LogP contribution in [0, 0.1) is 0 Å². The molecule has 1 N–H and O–H groups in total. The van der Waals surface area contributed by atoms with Gasteiger partial charge < -0.3 is 9.72 Å². The van der Waals surface area contributed by atoms with Gasteiger partial charge in [0.15, 0.2) is 0 Å². The highest BCUT2D eigenvalue weighted by atomic mass is 15.2. The number of imidazole rings is 1. The molecule has 1 aliphatic heterocycles. The molecule has 3 rings (SSSR count). The van der Waals surface area contributed by atoms with Crippen LogP contribution in [-0.2, 0) is 6.54 Å². The molecule has 17 heavy (non-hydrogen) atoms. The maximum Gasteiger partial charge on any atom is 0.137 e. The molecule has 0 aromatic carbocycles. The minimum atomic E-state index is 0.591. The van der Waals surface area contributed by atoms with Gasteiger partial charge in [0, 0.05) is 44.6 Å². The summed E-state index contributed by atoms with van der Waals surface area (Å²) >= 11 is 0. The Kier molecular flexibility index (Phi) is 2.82. The lowest BCUT2D eigenvalue weighted by Crippen LogP contribution is -2.49. The van der Waals surface area contributed by atoms with Crippen molar-refractivity contribution >= 4 is 5.65 Å². The molecule has 1 saturated heterocycles. The standard InChI is InChI=1S/C13H18N4/c1-11-8-14-5-7-16(11)9-12-10-17-6-3-2-4-13(17)15-12/h2-4,6,10-11,14H,5,7-9H2,1H3. The lowest BCUT2D eigenvalue weighted by atomic mass is 10.2. The van der Waals surface area contributed by atoms with Crippen LogP contribution in [0.2, 0.25) is 0 Å². The molecule has 1 atom stereocenters. The van der Waals surface area contributed by atoms with Crippen molar-refractivity contribution in [2.75, 3.05) is 19.6 Å². The molecule has 1 fully saturated rings. The van der Waals surface area contributed by atoms with Crippen LogP contribution in [0.15, 0.2) is 30.6 Å². The minimum absolute atomic E-state index is 0.591. The number of piperazine rings is 1. The number of hydrogen-bond donors (Lipinski definition) is 1. The van der Waals surface area contributed by atoms with Gasteiger partial charge in [-0.2, -0.15) is 0 Å². The van der Waals surface area contributed by atoms with Crippen LogP contribution >= 0.6 is 0 Å². The smallest absolute Gasteiger partial charge is 0.137 e. The molecule has 2 aromatic rings. The summed E-state index contributed by atoms with van der Waals surface area (Å²) in [6.45, 7) is 6.48. The number of nitrogens with one attached hydrogen (secondary N) is 1. The van der Waals surface area contributed by atoms with E-state index in [4.69, 9.17) is 0 Å². The Balaban J connectivity index is 1.79. The summed E-state index contributed by atoms with van der Waals surface area (Å²) in [5.41, 5.74) is 2.19. The largest absolute Gasteiger partial charge is 0.314 e. The van der Waals surface area contributed by atoms with Crippen molar-refractivity contribution in [3.05, 3.63) is 36.3 Å². The van der Waals surface area contributed by atoms with Crippen LogP contribution in [-0.4, -0.2) is 40.0 Å². The van der Waals surface area contributed by atoms with Crippen LogP contribution in [0.4, 0.5) is 0 Å². The average Bonchev–Trinajstić information content (AvgIpc) is 2.74. The van der Waals surface area contributed by atoms with Crippen LogP contribution in [0.3, 0.4) is 0 Å². The van der Waals surface area contributed by atoms with E-state index in [1.807, 2.05) is 24.4 Å². The molecular weight excluding hydrogens is 212 g/mol. The van der Waals surface area contributed by atoms with E-state index in [1.165, 1.54) is 0 Å². The number of nitrogens with zero attached hydrogens (tertiary/aromatic N) is 3. The zero-order valence-corrected chi connectivity index (χ0v) is 10.1. The summed E-state index contributed by atoms with van der Waals surface area (Å²) in [6.07, 6.45) is 4.18. The first-order valence-corrected chi connectivity index (χ1v) is 6.20. The van der Waals surface area contributed by atoms with Gasteiger partial charge in [0.25, 0.3) is 0 Å². The lowest BCUT2D eigenvalue weighted by molar-refractivity contribution is 0.164. The molecule has 2 aromatic heterocycles. The predicted octanol–water partition coefficient (Wildman–Crippen LogP) is 1.13. The molecule has 1 unspecified atom stereocenters. The van der Waals surface area contributed by atoms with Gasteiger partial charge in [-0.25, -0.2) is 4.98 Å². The lowest BCUT2D eigenvalue weighted by Gasteiger charge is -2.33. The quantitative estimate of drug-likeness (QED) is 0.839. The zero-order valence-electron chi connectivity index (χ0n) is 10.1. The van der Waals surface area contributed by atoms with E-state index in [9.17, 15) is 0 Å². The van der Waals surface area contributed by atoms with Crippen LogP contribution in [0.1, 0.15) is 12.6 Å². The molecule has 4 nitrogen and oxygen atoms in total. The molecular formula is C13H18N4. The van der Waals surface area contributed by atoms with E-state index in [1.54, 1.807) is 0 Å². The maximum atomic E-state index is 4.64. The summed E-state index contributed by atoms with van der Waals surface area (Å²) < 4.78 is 2.09. The molecule has 0 amide bonds. The van der Waals surface area contributed by atoms with Crippen molar-refractivity contribution in [1.82, 2.24) is 19.6 Å².